The number of rotatable bonds is 11. The summed E-state index contributed by atoms with van der Waals surface area (Å²) in [6.07, 6.45) is 4.45. The molecule has 2 aliphatic heterocycles. The molecule has 0 radical (unpaired) electrons. The highest BCUT2D eigenvalue weighted by Gasteiger charge is 2.44. The van der Waals surface area contributed by atoms with Crippen molar-refractivity contribution in [2.75, 3.05) is 32.8 Å². The highest BCUT2D eigenvalue weighted by Crippen LogP contribution is 2.45. The first-order valence-electron chi connectivity index (χ1n) is 14.6. The van der Waals surface area contributed by atoms with Crippen LogP contribution in [0.2, 0.25) is 0 Å². The van der Waals surface area contributed by atoms with Crippen molar-refractivity contribution in [3.8, 4) is 5.75 Å². The number of carbonyl (C=O) groups is 2. The third-order valence-electron chi connectivity index (χ3n) is 8.19. The van der Waals surface area contributed by atoms with Gasteiger partial charge in [0.25, 0.3) is 5.91 Å². The van der Waals surface area contributed by atoms with E-state index in [4.69, 9.17) is 20.6 Å². The normalized spacial score (nSPS) is 17.8. The van der Waals surface area contributed by atoms with Gasteiger partial charge in [-0.1, -0.05) is 30.3 Å². The Morgan fingerprint density at radius 1 is 1.02 bits per heavy atom. The summed E-state index contributed by atoms with van der Waals surface area (Å²) in [6, 6.07) is 21.5. The first-order chi connectivity index (χ1) is 20.3. The number of amidine groups is 1. The van der Waals surface area contributed by atoms with Crippen LogP contribution in [-0.4, -0.2) is 55.4 Å². The first kappa shape index (κ1) is 29.1. The second-order valence-corrected chi connectivity index (χ2v) is 10.9. The van der Waals surface area contributed by atoms with Gasteiger partial charge in [-0.25, -0.2) is 0 Å². The van der Waals surface area contributed by atoms with Gasteiger partial charge in [0, 0.05) is 42.4 Å². The van der Waals surface area contributed by atoms with Crippen molar-refractivity contribution >= 4 is 29.1 Å². The summed E-state index contributed by atoms with van der Waals surface area (Å²) >= 11 is 0. The number of quaternary nitrogens is 1. The Morgan fingerprint density at radius 2 is 1.79 bits per heavy atom. The molecule has 0 saturated carbocycles. The zero-order valence-corrected chi connectivity index (χ0v) is 24.4. The van der Waals surface area contributed by atoms with E-state index in [-0.39, 0.29) is 24.1 Å². The maximum Gasteiger partial charge on any atom is 0.311 e. The summed E-state index contributed by atoms with van der Waals surface area (Å²) in [5.41, 5.74) is 11.9. The molecule has 3 aromatic rings. The molecule has 1 fully saturated rings. The van der Waals surface area contributed by atoms with E-state index in [0.717, 1.165) is 54.0 Å². The molecule has 218 valence electrons. The molecule has 8 heteroatoms. The van der Waals surface area contributed by atoms with Gasteiger partial charge in [-0.15, -0.1) is 0 Å². The molecule has 1 unspecified atom stereocenters. The van der Waals surface area contributed by atoms with Crippen molar-refractivity contribution in [1.29, 1.82) is 5.41 Å². The average Bonchev–Trinajstić information content (AvgIpc) is 3.52. The van der Waals surface area contributed by atoms with E-state index >= 15 is 0 Å². The van der Waals surface area contributed by atoms with Crippen LogP contribution in [0.1, 0.15) is 58.8 Å². The molecule has 0 bridgehead atoms. The van der Waals surface area contributed by atoms with Crippen LogP contribution in [0.25, 0.3) is 5.70 Å². The van der Waals surface area contributed by atoms with Gasteiger partial charge in [0.2, 0.25) is 0 Å². The van der Waals surface area contributed by atoms with Gasteiger partial charge in [0.1, 0.15) is 30.4 Å². The lowest BCUT2D eigenvalue weighted by molar-refractivity contribution is -0.143. The zero-order valence-electron chi connectivity index (χ0n) is 24.4. The average molecular weight is 568 g/mol. The molecule has 1 atom stereocenters. The minimum absolute atomic E-state index is 0.0315. The predicted molar refractivity (Wildman–Crippen MR) is 165 cm³/mol. The van der Waals surface area contributed by atoms with Gasteiger partial charge in [0.05, 0.1) is 25.1 Å². The van der Waals surface area contributed by atoms with Crippen molar-refractivity contribution in [3.05, 3.63) is 101 Å². The highest BCUT2D eigenvalue weighted by molar-refractivity contribution is 5.98. The summed E-state index contributed by atoms with van der Waals surface area (Å²) in [6.45, 7) is 7.22. The zero-order chi connectivity index (χ0) is 29.7. The quantitative estimate of drug-likeness (QED) is 0.140. The fourth-order valence-corrected chi connectivity index (χ4v) is 5.85. The number of nitrogens with zero attached hydrogens (tertiary/aromatic N) is 2. The minimum atomic E-state index is -0.253. The van der Waals surface area contributed by atoms with E-state index in [1.807, 2.05) is 66.4 Å². The van der Waals surface area contributed by atoms with Crippen LogP contribution in [0.5, 0.6) is 5.75 Å². The van der Waals surface area contributed by atoms with Crippen LogP contribution in [-0.2, 0) is 16.1 Å². The Kier molecular flexibility index (Phi) is 8.73. The number of nitrogen functional groups attached to an aromatic ring is 1. The fourth-order valence-electron chi connectivity index (χ4n) is 5.85. The molecule has 1 saturated heterocycles. The molecular weight excluding hydrogens is 528 g/mol. The number of benzene rings is 3. The number of amides is 1. The molecule has 8 nitrogen and oxygen atoms in total. The maximum absolute atomic E-state index is 13.2. The lowest BCUT2D eigenvalue weighted by Gasteiger charge is -2.45. The summed E-state index contributed by atoms with van der Waals surface area (Å²) in [4.78, 5) is 27.7. The van der Waals surface area contributed by atoms with Crippen molar-refractivity contribution in [1.82, 2.24) is 9.38 Å². The topological polar surface area (TPSA) is 106 Å². The molecule has 3 aromatic carbocycles. The van der Waals surface area contributed by atoms with Gasteiger partial charge in [-0.3, -0.25) is 19.5 Å². The Balaban J connectivity index is 1.53. The Bertz CT molecular complexity index is 1510. The summed E-state index contributed by atoms with van der Waals surface area (Å²) < 4.78 is 12.0. The van der Waals surface area contributed by atoms with E-state index in [9.17, 15) is 9.59 Å². The monoisotopic (exact) mass is 567 g/mol. The molecule has 2 heterocycles. The van der Waals surface area contributed by atoms with Crippen molar-refractivity contribution < 1.29 is 19.1 Å². The van der Waals surface area contributed by atoms with Crippen LogP contribution in [0.15, 0.2) is 72.8 Å². The van der Waals surface area contributed by atoms with Crippen molar-refractivity contribution in [2.24, 2.45) is 5.73 Å². The number of hydrogen-bond donors (Lipinski definition) is 2. The van der Waals surface area contributed by atoms with Gasteiger partial charge >= 0.3 is 5.97 Å². The molecule has 0 spiro atoms. The molecule has 42 heavy (non-hydrogen) atoms. The van der Waals surface area contributed by atoms with Gasteiger partial charge in [-0.05, 0) is 62.1 Å². The third-order valence-corrected chi connectivity index (χ3v) is 8.19. The van der Waals surface area contributed by atoms with E-state index in [1.54, 1.807) is 13.0 Å². The molecule has 5 rings (SSSR count). The van der Waals surface area contributed by atoms with E-state index in [0.29, 0.717) is 47.7 Å². The molecule has 3 N–H and O–H groups in total. The number of esters is 1. The maximum atomic E-state index is 13.2. The van der Waals surface area contributed by atoms with Crippen LogP contribution in [0.3, 0.4) is 0 Å². The lowest BCUT2D eigenvalue weighted by Crippen LogP contribution is -2.54. The first-order valence-corrected chi connectivity index (χ1v) is 14.6. The fraction of sp³-hybridized carbons (Fsp3) is 0.324. The van der Waals surface area contributed by atoms with Crippen LogP contribution in [0, 0.1) is 12.3 Å². The molecule has 0 aromatic heterocycles. The van der Waals surface area contributed by atoms with E-state index in [2.05, 4.69) is 12.1 Å². The minimum Gasteiger partial charge on any atom is -0.488 e. The number of hydrogen-bond acceptors (Lipinski definition) is 5. The van der Waals surface area contributed by atoms with Crippen molar-refractivity contribution in [2.45, 2.75) is 39.7 Å². The predicted octanol–water partition coefficient (Wildman–Crippen LogP) is 5.41. The summed E-state index contributed by atoms with van der Waals surface area (Å²) in [5, 5.41) is 8.08. The van der Waals surface area contributed by atoms with Gasteiger partial charge < -0.3 is 20.1 Å². The SMILES string of the molecule is CCOC(=O)CC[N+]1(c2ccc(C(=O)N3CCCC3)c(C)c2)CC=C1c1cc(C(=N)N)ccc1OCc1ccccc1. The smallest absolute Gasteiger partial charge is 0.311 e. The molecule has 0 aliphatic carbocycles. The Hall–Kier alpha value is -4.43. The number of likely N-dealkylation sites (tertiary alicyclic amines) is 1. The lowest BCUT2D eigenvalue weighted by atomic mass is 9.94. The highest BCUT2D eigenvalue weighted by atomic mass is 16.5. The van der Waals surface area contributed by atoms with Crippen molar-refractivity contribution in [3.63, 3.8) is 0 Å². The number of aryl methyl sites for hydroxylation is 1. The Morgan fingerprint density at radius 3 is 2.43 bits per heavy atom. The van der Waals surface area contributed by atoms with E-state index in [1.165, 1.54) is 0 Å². The van der Waals surface area contributed by atoms with Crippen LogP contribution >= 0.6 is 0 Å². The Labute approximate surface area is 247 Å². The number of ether oxygens (including phenoxy) is 2. The number of nitrogens with one attached hydrogen (secondary N) is 1. The summed E-state index contributed by atoms with van der Waals surface area (Å²) in [7, 11) is 0. The van der Waals surface area contributed by atoms with Crippen LogP contribution < -0.4 is 15.0 Å². The molecular formula is C34H39N4O4+. The van der Waals surface area contributed by atoms with Gasteiger partial charge in [-0.2, -0.15) is 0 Å². The second kappa shape index (κ2) is 12.6. The van der Waals surface area contributed by atoms with Crippen LogP contribution in [0.4, 0.5) is 5.69 Å². The number of carbonyl (C=O) groups excluding carboxylic acids is 2. The molecule has 2 aliphatic rings. The summed E-state index contributed by atoms with van der Waals surface area (Å²) in [5.74, 6) is 0.457. The third kappa shape index (κ3) is 5.94. The van der Waals surface area contributed by atoms with Gasteiger partial charge in [0.15, 0.2) is 5.70 Å². The second-order valence-electron chi connectivity index (χ2n) is 10.9. The van der Waals surface area contributed by atoms with E-state index < -0.39 is 0 Å². The largest absolute Gasteiger partial charge is 0.488 e. The molecule has 1 amide bonds. The number of nitrogens with two attached hydrogens (primary N) is 1. The standard InChI is InChI=1S/C34H39N4O4/c1-3-41-32(39)16-20-38(27-12-13-28(24(2)21-27)34(40)37-17-7-8-18-37)19-15-30(38)29-22-26(33(35)36)11-14-31(29)42-23-25-9-5-4-6-10-25/h4-6,9-15,21-22H,3,7-8,16-20,23H2,1-2H3,(H3,35,36)/q+1.